The van der Waals surface area contributed by atoms with Gasteiger partial charge in [-0.3, -0.25) is 4.79 Å². The second-order valence-electron chi connectivity index (χ2n) is 5.60. The maximum absolute atomic E-state index is 11.9. The highest BCUT2D eigenvalue weighted by Gasteiger charge is 2.21. The highest BCUT2D eigenvalue weighted by Crippen LogP contribution is 2.23. The monoisotopic (exact) mass is 339 g/mol. The van der Waals surface area contributed by atoms with Gasteiger partial charge in [-0.25, -0.2) is 0 Å². The molecule has 110 valence electrons. The van der Waals surface area contributed by atoms with Crippen molar-refractivity contribution in [3.05, 3.63) is 34.3 Å². The number of benzene rings is 1. The van der Waals surface area contributed by atoms with Crippen molar-refractivity contribution >= 4 is 21.8 Å². The summed E-state index contributed by atoms with van der Waals surface area (Å²) in [6.07, 6.45) is 5.34. The van der Waals surface area contributed by atoms with Crippen LogP contribution < -0.4 is 5.32 Å². The van der Waals surface area contributed by atoms with E-state index in [1.165, 1.54) is 5.56 Å². The third-order valence-electron chi connectivity index (χ3n) is 4.00. The van der Waals surface area contributed by atoms with Crippen molar-refractivity contribution in [3.8, 4) is 0 Å². The van der Waals surface area contributed by atoms with Crippen molar-refractivity contribution in [1.29, 1.82) is 0 Å². The molecule has 0 spiro atoms. The SMILES string of the molecule is O=C(CCc1cccc(Br)c1)NC1CCC(CO)CC1. The predicted molar refractivity (Wildman–Crippen MR) is 83.4 cm³/mol. The van der Waals surface area contributed by atoms with Crippen LogP contribution in [0.2, 0.25) is 0 Å². The summed E-state index contributed by atoms with van der Waals surface area (Å²) in [5.74, 6) is 0.572. The van der Waals surface area contributed by atoms with E-state index in [0.29, 0.717) is 18.4 Å². The van der Waals surface area contributed by atoms with Crippen LogP contribution in [0.5, 0.6) is 0 Å². The third-order valence-corrected chi connectivity index (χ3v) is 4.49. The van der Waals surface area contributed by atoms with E-state index in [9.17, 15) is 4.79 Å². The van der Waals surface area contributed by atoms with Gasteiger partial charge in [-0.2, -0.15) is 0 Å². The first kappa shape index (κ1) is 15.5. The minimum atomic E-state index is 0.137. The molecule has 4 heteroatoms. The molecule has 20 heavy (non-hydrogen) atoms. The Bertz CT molecular complexity index is 442. The number of aliphatic hydroxyl groups excluding tert-OH is 1. The van der Waals surface area contributed by atoms with Crippen molar-refractivity contribution in [2.45, 2.75) is 44.6 Å². The Morgan fingerprint density at radius 3 is 2.70 bits per heavy atom. The summed E-state index contributed by atoms with van der Waals surface area (Å²) < 4.78 is 1.05. The van der Waals surface area contributed by atoms with Crippen molar-refractivity contribution < 1.29 is 9.90 Å². The van der Waals surface area contributed by atoms with E-state index in [-0.39, 0.29) is 12.5 Å². The lowest BCUT2D eigenvalue weighted by Gasteiger charge is -2.27. The van der Waals surface area contributed by atoms with Gasteiger partial charge in [0, 0.05) is 23.5 Å². The first-order valence-electron chi connectivity index (χ1n) is 7.32. The molecule has 1 aromatic carbocycles. The normalized spacial score (nSPS) is 22.5. The van der Waals surface area contributed by atoms with Crippen LogP contribution in [0.15, 0.2) is 28.7 Å². The Labute approximate surface area is 128 Å². The van der Waals surface area contributed by atoms with Gasteiger partial charge in [-0.05, 0) is 55.7 Å². The molecule has 0 radical (unpaired) electrons. The fourth-order valence-electron chi connectivity index (χ4n) is 2.74. The molecule has 1 fully saturated rings. The van der Waals surface area contributed by atoms with Crippen molar-refractivity contribution in [2.24, 2.45) is 5.92 Å². The zero-order valence-electron chi connectivity index (χ0n) is 11.6. The van der Waals surface area contributed by atoms with E-state index in [0.717, 1.165) is 36.6 Å². The fourth-order valence-corrected chi connectivity index (χ4v) is 3.19. The number of aliphatic hydroxyl groups is 1. The number of carbonyl (C=O) groups is 1. The van der Waals surface area contributed by atoms with Crippen LogP contribution in [0.25, 0.3) is 0 Å². The second kappa shape index (κ2) is 7.79. The van der Waals surface area contributed by atoms with Crippen LogP contribution in [-0.2, 0) is 11.2 Å². The molecule has 0 aliphatic heterocycles. The maximum Gasteiger partial charge on any atom is 0.220 e. The van der Waals surface area contributed by atoms with Gasteiger partial charge < -0.3 is 10.4 Å². The number of rotatable bonds is 5. The highest BCUT2D eigenvalue weighted by atomic mass is 79.9. The fraction of sp³-hybridized carbons (Fsp3) is 0.562. The Morgan fingerprint density at radius 2 is 2.05 bits per heavy atom. The van der Waals surface area contributed by atoms with Gasteiger partial charge in [0.25, 0.3) is 0 Å². The minimum absolute atomic E-state index is 0.137. The third kappa shape index (κ3) is 4.91. The Balaban J connectivity index is 1.71. The van der Waals surface area contributed by atoms with Crippen LogP contribution in [0.3, 0.4) is 0 Å². The number of hydrogen-bond donors (Lipinski definition) is 2. The summed E-state index contributed by atoms with van der Waals surface area (Å²) in [4.78, 5) is 11.9. The Kier molecular flexibility index (Phi) is 6.05. The Hall–Kier alpha value is -0.870. The number of carbonyl (C=O) groups excluding carboxylic acids is 1. The molecule has 0 unspecified atom stereocenters. The average Bonchev–Trinajstić information content (AvgIpc) is 2.46. The number of aryl methyl sites for hydroxylation is 1. The molecule has 0 aromatic heterocycles. The van der Waals surface area contributed by atoms with E-state index in [1.807, 2.05) is 18.2 Å². The smallest absolute Gasteiger partial charge is 0.220 e. The molecule has 1 aromatic rings. The molecule has 1 aliphatic carbocycles. The molecule has 2 N–H and O–H groups in total. The van der Waals surface area contributed by atoms with Crippen molar-refractivity contribution in [3.63, 3.8) is 0 Å². The molecule has 0 bridgehead atoms. The van der Waals surface area contributed by atoms with Crippen LogP contribution in [0.1, 0.15) is 37.7 Å². The van der Waals surface area contributed by atoms with Gasteiger partial charge in [0.15, 0.2) is 0 Å². The molecule has 1 saturated carbocycles. The number of halogens is 1. The quantitative estimate of drug-likeness (QED) is 0.866. The maximum atomic E-state index is 11.9. The minimum Gasteiger partial charge on any atom is -0.396 e. The van der Waals surface area contributed by atoms with Gasteiger partial charge in [0.05, 0.1) is 0 Å². The van der Waals surface area contributed by atoms with Crippen LogP contribution >= 0.6 is 15.9 Å². The van der Waals surface area contributed by atoms with Crippen LogP contribution in [-0.4, -0.2) is 23.7 Å². The summed E-state index contributed by atoms with van der Waals surface area (Å²) in [6.45, 7) is 0.281. The molecular weight excluding hydrogens is 318 g/mol. The predicted octanol–water partition coefficient (Wildman–Crippen LogP) is 3.05. The number of nitrogens with one attached hydrogen (secondary N) is 1. The van der Waals surface area contributed by atoms with Gasteiger partial charge in [-0.1, -0.05) is 28.1 Å². The average molecular weight is 340 g/mol. The van der Waals surface area contributed by atoms with E-state index in [1.54, 1.807) is 0 Å². The summed E-state index contributed by atoms with van der Waals surface area (Å²) in [5.41, 5.74) is 1.18. The molecular formula is C16H22BrNO2. The Morgan fingerprint density at radius 1 is 1.30 bits per heavy atom. The summed E-state index contributed by atoms with van der Waals surface area (Å²) in [5, 5.41) is 12.2. The van der Waals surface area contributed by atoms with Gasteiger partial charge in [0.1, 0.15) is 0 Å². The van der Waals surface area contributed by atoms with Crippen LogP contribution in [0, 0.1) is 5.92 Å². The van der Waals surface area contributed by atoms with Gasteiger partial charge in [-0.15, -0.1) is 0 Å². The molecule has 0 atom stereocenters. The second-order valence-corrected chi connectivity index (χ2v) is 6.51. The lowest BCUT2D eigenvalue weighted by Crippen LogP contribution is -2.38. The molecule has 2 rings (SSSR count). The molecule has 0 heterocycles. The largest absolute Gasteiger partial charge is 0.396 e. The molecule has 1 aliphatic rings. The number of amides is 1. The molecule has 3 nitrogen and oxygen atoms in total. The van der Waals surface area contributed by atoms with Gasteiger partial charge >= 0.3 is 0 Å². The van der Waals surface area contributed by atoms with Crippen molar-refractivity contribution in [2.75, 3.05) is 6.61 Å². The lowest BCUT2D eigenvalue weighted by molar-refractivity contribution is -0.122. The zero-order chi connectivity index (χ0) is 14.4. The highest BCUT2D eigenvalue weighted by molar-refractivity contribution is 9.10. The first-order chi connectivity index (χ1) is 9.67. The number of hydrogen-bond acceptors (Lipinski definition) is 2. The van der Waals surface area contributed by atoms with Crippen LogP contribution in [0.4, 0.5) is 0 Å². The topological polar surface area (TPSA) is 49.3 Å². The summed E-state index contributed by atoms with van der Waals surface area (Å²) in [7, 11) is 0. The van der Waals surface area contributed by atoms with Gasteiger partial charge in [0.2, 0.25) is 5.91 Å². The lowest BCUT2D eigenvalue weighted by atomic mass is 9.86. The summed E-state index contributed by atoms with van der Waals surface area (Å²) in [6, 6.07) is 8.38. The van der Waals surface area contributed by atoms with E-state index in [4.69, 9.17) is 5.11 Å². The van der Waals surface area contributed by atoms with E-state index >= 15 is 0 Å². The van der Waals surface area contributed by atoms with E-state index < -0.39 is 0 Å². The molecule has 0 saturated heterocycles. The zero-order valence-corrected chi connectivity index (χ0v) is 13.2. The molecule has 1 amide bonds. The summed E-state index contributed by atoms with van der Waals surface area (Å²) >= 11 is 3.44. The standard InChI is InChI=1S/C16H22BrNO2/c17-14-3-1-2-12(10-14)6-9-16(20)18-15-7-4-13(11-19)5-8-15/h1-3,10,13,15,19H,4-9,11H2,(H,18,20). The van der Waals surface area contributed by atoms with E-state index in [2.05, 4.69) is 27.3 Å². The first-order valence-corrected chi connectivity index (χ1v) is 8.11. The van der Waals surface area contributed by atoms with Crippen molar-refractivity contribution in [1.82, 2.24) is 5.32 Å².